The number of aromatic nitrogens is 4. The van der Waals surface area contributed by atoms with Crippen molar-refractivity contribution in [2.45, 2.75) is 26.7 Å². The van der Waals surface area contributed by atoms with Gasteiger partial charge in [-0.25, -0.2) is 19.9 Å². The first-order valence-electron chi connectivity index (χ1n) is 8.58. The SMILES string of the molecule is Cc1ncnc(C(=O)N2CCc3ncnc(-c4ccsc4)c3CC2)c1C. The lowest BCUT2D eigenvalue weighted by atomic mass is 10.0. The van der Waals surface area contributed by atoms with Crippen LogP contribution in [0.15, 0.2) is 29.5 Å². The van der Waals surface area contributed by atoms with Crippen LogP contribution < -0.4 is 0 Å². The normalized spacial score (nSPS) is 14.0. The van der Waals surface area contributed by atoms with Crippen LogP contribution >= 0.6 is 11.3 Å². The summed E-state index contributed by atoms with van der Waals surface area (Å²) in [5, 5.41) is 4.15. The Morgan fingerprint density at radius 2 is 1.88 bits per heavy atom. The predicted molar refractivity (Wildman–Crippen MR) is 100 cm³/mol. The molecule has 132 valence electrons. The number of fused-ring (bicyclic) bond motifs is 1. The standard InChI is InChI=1S/C19H19N5OS/c1-12-13(2)20-10-22-17(12)19(25)24-6-3-15-16(4-7-24)21-11-23-18(15)14-5-8-26-9-14/h5,8-11H,3-4,6-7H2,1-2H3. The second-order valence-corrected chi connectivity index (χ2v) is 7.16. The van der Waals surface area contributed by atoms with Crippen molar-refractivity contribution in [2.24, 2.45) is 0 Å². The van der Waals surface area contributed by atoms with Crippen LogP contribution in [0.25, 0.3) is 11.3 Å². The lowest BCUT2D eigenvalue weighted by Gasteiger charge is -2.20. The van der Waals surface area contributed by atoms with E-state index in [1.165, 1.54) is 6.33 Å². The topological polar surface area (TPSA) is 71.9 Å². The van der Waals surface area contributed by atoms with Crippen LogP contribution in [0.2, 0.25) is 0 Å². The van der Waals surface area contributed by atoms with Gasteiger partial charge in [0.05, 0.1) is 5.69 Å². The zero-order valence-corrected chi connectivity index (χ0v) is 15.6. The Balaban J connectivity index is 1.62. The molecule has 0 saturated carbocycles. The molecule has 6 nitrogen and oxygen atoms in total. The van der Waals surface area contributed by atoms with E-state index in [0.717, 1.165) is 46.6 Å². The highest BCUT2D eigenvalue weighted by Gasteiger charge is 2.25. The third kappa shape index (κ3) is 2.99. The second kappa shape index (κ2) is 6.92. The number of aryl methyl sites for hydroxylation is 1. The first-order valence-corrected chi connectivity index (χ1v) is 9.52. The van der Waals surface area contributed by atoms with Gasteiger partial charge in [-0.1, -0.05) is 0 Å². The van der Waals surface area contributed by atoms with Crippen molar-refractivity contribution in [3.05, 3.63) is 57.7 Å². The number of carbonyl (C=O) groups is 1. The molecule has 0 atom stereocenters. The summed E-state index contributed by atoms with van der Waals surface area (Å²) >= 11 is 1.66. The molecule has 1 amide bonds. The minimum absolute atomic E-state index is 0.0363. The molecule has 26 heavy (non-hydrogen) atoms. The number of hydrogen-bond donors (Lipinski definition) is 0. The fourth-order valence-electron chi connectivity index (χ4n) is 3.28. The molecule has 4 rings (SSSR count). The van der Waals surface area contributed by atoms with Gasteiger partial charge in [0.25, 0.3) is 5.91 Å². The third-order valence-electron chi connectivity index (χ3n) is 4.91. The minimum Gasteiger partial charge on any atom is -0.337 e. The second-order valence-electron chi connectivity index (χ2n) is 6.38. The molecule has 3 aromatic heterocycles. The van der Waals surface area contributed by atoms with Gasteiger partial charge < -0.3 is 4.90 Å². The molecule has 0 aliphatic carbocycles. The Morgan fingerprint density at radius 3 is 2.69 bits per heavy atom. The average Bonchev–Trinajstić information content (AvgIpc) is 3.09. The Morgan fingerprint density at radius 1 is 1.08 bits per heavy atom. The maximum atomic E-state index is 13.0. The van der Waals surface area contributed by atoms with Gasteiger partial charge in [-0.05, 0) is 31.7 Å². The lowest BCUT2D eigenvalue weighted by Crippen LogP contribution is -2.34. The van der Waals surface area contributed by atoms with Gasteiger partial charge in [0, 0.05) is 53.0 Å². The monoisotopic (exact) mass is 365 g/mol. The van der Waals surface area contributed by atoms with Gasteiger partial charge in [0.15, 0.2) is 0 Å². The molecule has 0 unspecified atom stereocenters. The number of rotatable bonds is 2. The summed E-state index contributed by atoms with van der Waals surface area (Å²) in [6, 6.07) is 2.08. The van der Waals surface area contributed by atoms with Crippen LogP contribution in [0.4, 0.5) is 0 Å². The molecule has 1 aliphatic heterocycles. The number of amides is 1. The molecule has 1 aliphatic rings. The first-order chi connectivity index (χ1) is 12.6. The van der Waals surface area contributed by atoms with Crippen LogP contribution in [-0.2, 0) is 12.8 Å². The minimum atomic E-state index is -0.0363. The van der Waals surface area contributed by atoms with Crippen molar-refractivity contribution in [3.8, 4) is 11.3 Å². The molecule has 0 saturated heterocycles. The molecule has 0 bridgehead atoms. The number of thiophene rings is 1. The summed E-state index contributed by atoms with van der Waals surface area (Å²) in [5.74, 6) is -0.0363. The smallest absolute Gasteiger partial charge is 0.272 e. The van der Waals surface area contributed by atoms with Crippen molar-refractivity contribution in [2.75, 3.05) is 13.1 Å². The highest BCUT2D eigenvalue weighted by Crippen LogP contribution is 2.27. The van der Waals surface area contributed by atoms with Crippen molar-refractivity contribution >= 4 is 17.2 Å². The predicted octanol–water partition coefficient (Wildman–Crippen LogP) is 2.85. The Hall–Kier alpha value is -2.67. The third-order valence-corrected chi connectivity index (χ3v) is 5.59. The Kier molecular flexibility index (Phi) is 4.46. The molecule has 4 heterocycles. The summed E-state index contributed by atoms with van der Waals surface area (Å²) < 4.78 is 0. The zero-order valence-electron chi connectivity index (χ0n) is 14.8. The van der Waals surface area contributed by atoms with E-state index in [1.54, 1.807) is 17.7 Å². The van der Waals surface area contributed by atoms with Gasteiger partial charge in [0.2, 0.25) is 0 Å². The molecule has 3 aromatic rings. The maximum Gasteiger partial charge on any atom is 0.272 e. The van der Waals surface area contributed by atoms with E-state index in [-0.39, 0.29) is 5.91 Å². The first kappa shape index (κ1) is 16.8. The van der Waals surface area contributed by atoms with Crippen molar-refractivity contribution < 1.29 is 4.79 Å². The van der Waals surface area contributed by atoms with Gasteiger partial charge in [-0.15, -0.1) is 0 Å². The van der Waals surface area contributed by atoms with Gasteiger partial charge in [0.1, 0.15) is 18.3 Å². The Labute approximate surface area is 156 Å². The van der Waals surface area contributed by atoms with Gasteiger partial charge in [-0.2, -0.15) is 11.3 Å². The summed E-state index contributed by atoms with van der Waals surface area (Å²) in [4.78, 5) is 32.2. The van der Waals surface area contributed by atoms with Crippen molar-refractivity contribution in [3.63, 3.8) is 0 Å². The van der Waals surface area contributed by atoms with Crippen LogP contribution in [0.1, 0.15) is 33.0 Å². The number of hydrogen-bond acceptors (Lipinski definition) is 6. The van der Waals surface area contributed by atoms with Gasteiger partial charge >= 0.3 is 0 Å². The molecule has 0 aromatic carbocycles. The van der Waals surface area contributed by atoms with E-state index in [4.69, 9.17) is 0 Å². The van der Waals surface area contributed by atoms with E-state index < -0.39 is 0 Å². The summed E-state index contributed by atoms with van der Waals surface area (Å²) in [6.45, 7) is 5.07. The van der Waals surface area contributed by atoms with Crippen molar-refractivity contribution in [1.82, 2.24) is 24.8 Å². The highest BCUT2D eigenvalue weighted by molar-refractivity contribution is 7.08. The molecular weight excluding hydrogens is 346 g/mol. The Bertz CT molecular complexity index is 955. The quantitative estimate of drug-likeness (QED) is 0.698. The van der Waals surface area contributed by atoms with Crippen LogP contribution in [0.3, 0.4) is 0 Å². The van der Waals surface area contributed by atoms with E-state index in [9.17, 15) is 4.79 Å². The van der Waals surface area contributed by atoms with E-state index in [1.807, 2.05) is 18.7 Å². The van der Waals surface area contributed by atoms with E-state index >= 15 is 0 Å². The highest BCUT2D eigenvalue weighted by atomic mass is 32.1. The number of carbonyl (C=O) groups excluding carboxylic acids is 1. The average molecular weight is 365 g/mol. The fourth-order valence-corrected chi connectivity index (χ4v) is 3.92. The molecule has 0 spiro atoms. The summed E-state index contributed by atoms with van der Waals surface area (Å²) in [6.07, 6.45) is 4.56. The molecule has 0 N–H and O–H groups in total. The number of nitrogens with zero attached hydrogens (tertiary/aromatic N) is 5. The van der Waals surface area contributed by atoms with Gasteiger partial charge in [-0.3, -0.25) is 4.79 Å². The molecule has 0 fully saturated rings. The molecule has 0 radical (unpaired) electrons. The van der Waals surface area contributed by atoms with E-state index in [0.29, 0.717) is 18.8 Å². The zero-order chi connectivity index (χ0) is 18.1. The molecular formula is C19H19N5OS. The largest absolute Gasteiger partial charge is 0.337 e. The summed E-state index contributed by atoms with van der Waals surface area (Å²) in [5.41, 5.74) is 6.47. The molecule has 7 heteroatoms. The fraction of sp³-hybridized carbons (Fsp3) is 0.316. The lowest BCUT2D eigenvalue weighted by molar-refractivity contribution is 0.0756. The van der Waals surface area contributed by atoms with E-state index in [2.05, 4.69) is 36.8 Å². The van der Waals surface area contributed by atoms with Crippen molar-refractivity contribution in [1.29, 1.82) is 0 Å². The van der Waals surface area contributed by atoms with Crippen LogP contribution in [-0.4, -0.2) is 43.8 Å². The summed E-state index contributed by atoms with van der Waals surface area (Å²) in [7, 11) is 0. The van der Waals surface area contributed by atoms with Crippen LogP contribution in [0, 0.1) is 13.8 Å². The maximum absolute atomic E-state index is 13.0. The van der Waals surface area contributed by atoms with Crippen LogP contribution in [0.5, 0.6) is 0 Å².